The number of hydrogen-bond acceptors (Lipinski definition) is 9. The van der Waals surface area contributed by atoms with E-state index in [1.807, 2.05) is 6.07 Å². The molecule has 1 unspecified atom stereocenters. The Hall–Kier alpha value is -3.51. The highest BCUT2D eigenvalue weighted by atomic mass is 32.1. The second kappa shape index (κ2) is 11.3. The van der Waals surface area contributed by atoms with E-state index < -0.39 is 0 Å². The number of carbonyl (C=O) groups excluding carboxylic acids is 2. The minimum Gasteiger partial charge on any atom is -0.493 e. The van der Waals surface area contributed by atoms with E-state index in [9.17, 15) is 9.59 Å². The highest BCUT2D eigenvalue weighted by Crippen LogP contribution is 2.39. The van der Waals surface area contributed by atoms with E-state index in [0.717, 1.165) is 24.4 Å². The van der Waals surface area contributed by atoms with Gasteiger partial charge in [-0.2, -0.15) is 0 Å². The monoisotopic (exact) mass is 499 g/mol. The number of pyridine rings is 2. The van der Waals surface area contributed by atoms with Gasteiger partial charge in [0, 0.05) is 51.1 Å². The van der Waals surface area contributed by atoms with Crippen molar-refractivity contribution in [2.24, 2.45) is 0 Å². The zero-order valence-electron chi connectivity index (χ0n) is 19.4. The zero-order chi connectivity index (χ0) is 24.8. The number of urea groups is 1. The van der Waals surface area contributed by atoms with Crippen molar-refractivity contribution in [2.75, 3.05) is 55.0 Å². The van der Waals surface area contributed by atoms with Crippen molar-refractivity contribution in [1.82, 2.24) is 20.6 Å². The molecule has 4 N–H and O–H groups in total. The molecule has 0 saturated carbocycles. The number of aliphatic hydroxyl groups is 1. The Bertz CT molecular complexity index is 1110. The maximum absolute atomic E-state index is 13.4. The second-order valence-electron chi connectivity index (χ2n) is 8.12. The third-order valence-electron chi connectivity index (χ3n) is 5.86. The minimum atomic E-state index is -0.377. The van der Waals surface area contributed by atoms with Crippen molar-refractivity contribution in [3.63, 3.8) is 0 Å². The molecule has 35 heavy (non-hydrogen) atoms. The average Bonchev–Trinajstić information content (AvgIpc) is 3.28. The molecule has 186 valence electrons. The Morgan fingerprint density at radius 2 is 2.20 bits per heavy atom. The summed E-state index contributed by atoms with van der Waals surface area (Å²) >= 11 is 4.11. The van der Waals surface area contributed by atoms with Crippen LogP contribution in [0.3, 0.4) is 0 Å². The number of carbonyl (C=O) groups is 2. The number of aromatic nitrogens is 2. The van der Waals surface area contributed by atoms with Crippen LogP contribution in [-0.2, 0) is 0 Å². The third-order valence-corrected chi connectivity index (χ3v) is 6.17. The molecule has 1 atom stereocenters. The van der Waals surface area contributed by atoms with Crippen LogP contribution in [0, 0.1) is 0 Å². The fourth-order valence-corrected chi connectivity index (χ4v) is 4.28. The zero-order valence-corrected chi connectivity index (χ0v) is 20.3. The first-order valence-corrected chi connectivity index (χ1v) is 11.9. The lowest BCUT2D eigenvalue weighted by atomic mass is 10.1. The molecule has 1 saturated heterocycles. The summed E-state index contributed by atoms with van der Waals surface area (Å²) in [6, 6.07) is 6.37. The third kappa shape index (κ3) is 5.60. The van der Waals surface area contributed by atoms with Gasteiger partial charge in [0.15, 0.2) is 5.82 Å². The van der Waals surface area contributed by atoms with E-state index in [2.05, 4.69) is 43.4 Å². The standard InChI is InChI=1S/C23H29N7O4S/c1-24-15(14-35)12-26-22(32)18-3-4-19-21(27-18)30(16-6-8-29(19)13-16)23(33)28-20-11-17(5-7-25-20)34-10-2-9-31/h3-5,7,11,14,16,24,31,35H,2,6,8-10,12-13H2,1H3,(H,26,32)(H,25,28,33)/b15-14-. The first-order chi connectivity index (χ1) is 17.0. The molecule has 4 rings (SSSR count). The molecular formula is C23H29N7O4S. The maximum Gasteiger partial charge on any atom is 0.329 e. The Balaban J connectivity index is 1.53. The van der Waals surface area contributed by atoms with Crippen LogP contribution in [0.5, 0.6) is 5.75 Å². The Labute approximate surface area is 209 Å². The van der Waals surface area contributed by atoms with Gasteiger partial charge in [-0.15, -0.1) is 12.6 Å². The number of nitrogens with zero attached hydrogens (tertiary/aromatic N) is 4. The lowest BCUT2D eigenvalue weighted by Crippen LogP contribution is -2.48. The van der Waals surface area contributed by atoms with E-state index in [1.54, 1.807) is 41.8 Å². The van der Waals surface area contributed by atoms with E-state index in [1.165, 1.54) is 0 Å². The predicted molar refractivity (Wildman–Crippen MR) is 136 cm³/mol. The minimum absolute atomic E-state index is 0.0387. The Kier molecular flexibility index (Phi) is 7.93. The SMILES string of the molecule is CN/C(=C\S)CNC(=O)c1ccc2c(n1)N(C(=O)Nc1cc(OCCCO)ccn1)C1CCN2C1. The largest absolute Gasteiger partial charge is 0.493 e. The molecule has 2 aliphatic rings. The van der Waals surface area contributed by atoms with Gasteiger partial charge < -0.3 is 25.4 Å². The lowest BCUT2D eigenvalue weighted by Gasteiger charge is -2.35. The molecule has 0 aromatic carbocycles. The first-order valence-electron chi connectivity index (χ1n) is 11.4. The van der Waals surface area contributed by atoms with Crippen molar-refractivity contribution in [3.8, 4) is 5.75 Å². The summed E-state index contributed by atoms with van der Waals surface area (Å²) in [4.78, 5) is 38.7. The van der Waals surface area contributed by atoms with Gasteiger partial charge in [0.1, 0.15) is 17.3 Å². The topological polar surface area (TPSA) is 132 Å². The Morgan fingerprint density at radius 3 is 2.97 bits per heavy atom. The van der Waals surface area contributed by atoms with Crippen LogP contribution < -0.4 is 30.5 Å². The van der Waals surface area contributed by atoms with E-state index in [4.69, 9.17) is 9.84 Å². The van der Waals surface area contributed by atoms with Crippen LogP contribution in [0.1, 0.15) is 23.3 Å². The van der Waals surface area contributed by atoms with Gasteiger partial charge in [-0.1, -0.05) is 0 Å². The highest BCUT2D eigenvalue weighted by molar-refractivity contribution is 7.83. The summed E-state index contributed by atoms with van der Waals surface area (Å²) in [6.45, 7) is 2.18. The molecule has 12 heteroatoms. The van der Waals surface area contributed by atoms with Crippen LogP contribution >= 0.6 is 12.6 Å². The number of ether oxygens (including phenoxy) is 1. The van der Waals surface area contributed by atoms with E-state index in [-0.39, 0.29) is 36.8 Å². The van der Waals surface area contributed by atoms with Crippen LogP contribution in [-0.4, -0.2) is 73.0 Å². The summed E-state index contributed by atoms with van der Waals surface area (Å²) in [7, 11) is 1.75. The number of anilines is 3. The van der Waals surface area contributed by atoms with Crippen molar-refractivity contribution >= 4 is 41.9 Å². The lowest BCUT2D eigenvalue weighted by molar-refractivity contribution is 0.0951. The van der Waals surface area contributed by atoms with E-state index in [0.29, 0.717) is 37.0 Å². The number of nitrogens with one attached hydrogen (secondary N) is 3. The van der Waals surface area contributed by atoms with Crippen LogP contribution in [0.4, 0.5) is 22.1 Å². The normalized spacial score (nSPS) is 16.5. The summed E-state index contributed by atoms with van der Waals surface area (Å²) in [5.41, 5.74) is 1.78. The molecule has 4 heterocycles. The molecule has 1 fully saturated rings. The van der Waals surface area contributed by atoms with Gasteiger partial charge in [-0.3, -0.25) is 15.0 Å². The van der Waals surface area contributed by atoms with Gasteiger partial charge in [0.05, 0.1) is 24.9 Å². The van der Waals surface area contributed by atoms with Crippen LogP contribution in [0.25, 0.3) is 0 Å². The molecule has 11 nitrogen and oxygen atoms in total. The smallest absolute Gasteiger partial charge is 0.329 e. The fraction of sp³-hybridized carbons (Fsp3) is 0.391. The molecule has 3 amide bonds. The molecule has 2 aromatic rings. The maximum atomic E-state index is 13.4. The quantitative estimate of drug-likeness (QED) is 0.260. The molecule has 0 radical (unpaired) electrons. The van der Waals surface area contributed by atoms with Crippen molar-refractivity contribution in [1.29, 1.82) is 0 Å². The number of amides is 3. The summed E-state index contributed by atoms with van der Waals surface area (Å²) < 4.78 is 5.58. The summed E-state index contributed by atoms with van der Waals surface area (Å²) in [5, 5.41) is 19.1. The van der Waals surface area contributed by atoms with Crippen LogP contribution in [0.15, 0.2) is 41.6 Å². The number of hydrogen-bond donors (Lipinski definition) is 5. The van der Waals surface area contributed by atoms with Crippen molar-refractivity contribution < 1.29 is 19.4 Å². The van der Waals surface area contributed by atoms with Gasteiger partial charge >= 0.3 is 6.03 Å². The molecule has 2 aromatic heterocycles. The summed E-state index contributed by atoms with van der Waals surface area (Å²) in [5.74, 6) is 0.977. The summed E-state index contributed by atoms with van der Waals surface area (Å²) in [6.07, 6.45) is 2.85. The number of fused-ring (bicyclic) bond motifs is 4. The molecule has 2 bridgehead atoms. The van der Waals surface area contributed by atoms with Crippen molar-refractivity contribution in [3.05, 3.63) is 47.3 Å². The molecule has 2 aliphatic heterocycles. The van der Waals surface area contributed by atoms with E-state index >= 15 is 0 Å². The average molecular weight is 500 g/mol. The first kappa shape index (κ1) is 24.6. The van der Waals surface area contributed by atoms with Gasteiger partial charge in [-0.25, -0.2) is 14.8 Å². The number of thiol groups is 1. The predicted octanol–water partition coefficient (Wildman–Crippen LogP) is 1.59. The van der Waals surface area contributed by atoms with Crippen molar-refractivity contribution in [2.45, 2.75) is 18.9 Å². The van der Waals surface area contributed by atoms with Gasteiger partial charge in [0.25, 0.3) is 5.91 Å². The number of rotatable bonds is 9. The fourth-order valence-electron chi connectivity index (χ4n) is 4.06. The molecular weight excluding hydrogens is 470 g/mol. The van der Waals surface area contributed by atoms with Crippen LogP contribution in [0.2, 0.25) is 0 Å². The number of likely N-dealkylation sites (N-methyl/N-ethyl adjacent to an activating group) is 1. The highest BCUT2D eigenvalue weighted by Gasteiger charge is 2.40. The molecule has 0 aliphatic carbocycles. The number of aliphatic hydroxyl groups excluding tert-OH is 1. The second-order valence-corrected chi connectivity index (χ2v) is 8.38. The molecule has 0 spiro atoms. The van der Waals surface area contributed by atoms with Gasteiger partial charge in [0.2, 0.25) is 0 Å². The van der Waals surface area contributed by atoms with Gasteiger partial charge in [-0.05, 0) is 30.0 Å². The Morgan fingerprint density at radius 1 is 1.34 bits per heavy atom.